The number of non-ortho nitro benzene ring substituents is 1. The lowest BCUT2D eigenvalue weighted by molar-refractivity contribution is -0.394. The van der Waals surface area contributed by atoms with Gasteiger partial charge in [0.15, 0.2) is 23.1 Å². The molecule has 2 aliphatic carbocycles. The number of rotatable bonds is 10. The smallest absolute Gasteiger partial charge is 0.318 e. The number of methoxy groups -OCH3 is 2. The lowest BCUT2D eigenvalue weighted by atomic mass is 9.63. The minimum Gasteiger partial charge on any atom is -0.493 e. The predicted molar refractivity (Wildman–Crippen MR) is 174 cm³/mol. The van der Waals surface area contributed by atoms with Crippen LogP contribution in [0.4, 0.5) is 11.4 Å². The molecule has 0 amide bonds. The Morgan fingerprint density at radius 2 is 1.47 bits per heavy atom. The van der Waals surface area contributed by atoms with E-state index in [1.807, 2.05) is 0 Å². The van der Waals surface area contributed by atoms with E-state index in [0.29, 0.717) is 62.0 Å². The van der Waals surface area contributed by atoms with Crippen LogP contribution in [0.15, 0.2) is 52.9 Å². The van der Waals surface area contributed by atoms with Gasteiger partial charge >= 0.3 is 5.69 Å². The Balaban J connectivity index is 1.69. The fourth-order valence-electron chi connectivity index (χ4n) is 6.98. The minimum absolute atomic E-state index is 0.0194. The summed E-state index contributed by atoms with van der Waals surface area (Å²) in [5.74, 6) is -1.01. The number of nitro groups is 2. The van der Waals surface area contributed by atoms with Gasteiger partial charge in [0.1, 0.15) is 0 Å². The van der Waals surface area contributed by atoms with Crippen molar-refractivity contribution in [1.29, 1.82) is 0 Å². The van der Waals surface area contributed by atoms with E-state index in [9.17, 15) is 29.8 Å². The molecule has 250 valence electrons. The highest BCUT2D eigenvalue weighted by atomic mass is 35.5. The molecule has 2 aromatic carbocycles. The van der Waals surface area contributed by atoms with E-state index >= 15 is 0 Å². The summed E-state index contributed by atoms with van der Waals surface area (Å²) >= 11 is 6.81. The molecular weight excluding hydrogens is 630 g/mol. The highest BCUT2D eigenvalue weighted by molar-refractivity contribution is 6.32. The average molecular weight is 668 g/mol. The van der Waals surface area contributed by atoms with Gasteiger partial charge in [0, 0.05) is 67.6 Å². The number of Topliss-reactive ketones (excluding diaryl/α,β-unsaturated/α-hetero) is 2. The van der Waals surface area contributed by atoms with Crippen molar-refractivity contribution in [2.45, 2.75) is 65.7 Å². The summed E-state index contributed by atoms with van der Waals surface area (Å²) in [6, 6.07) is 6.25. The molecule has 3 aliphatic rings. The normalized spacial score (nSPS) is 19.0. The molecule has 0 atom stereocenters. The summed E-state index contributed by atoms with van der Waals surface area (Å²) < 4.78 is 16.9. The maximum atomic E-state index is 14.1. The number of carbonyl (C=O) groups is 2. The van der Waals surface area contributed by atoms with Gasteiger partial charge in [0.05, 0.1) is 28.0 Å². The van der Waals surface area contributed by atoms with Crippen molar-refractivity contribution in [3.05, 3.63) is 83.7 Å². The Kier molecular flexibility index (Phi) is 9.22. The fourth-order valence-corrected chi connectivity index (χ4v) is 7.24. The molecule has 0 radical (unpaired) electrons. The highest BCUT2D eigenvalue weighted by Crippen LogP contribution is 2.56. The zero-order valence-corrected chi connectivity index (χ0v) is 28.1. The molecule has 0 saturated carbocycles. The molecule has 0 bridgehead atoms. The first-order valence-electron chi connectivity index (χ1n) is 15.3. The quantitative estimate of drug-likeness (QED) is 0.140. The number of ether oxygens (including phenoxy) is 3. The Labute approximate surface area is 277 Å². The van der Waals surface area contributed by atoms with Gasteiger partial charge in [-0.1, -0.05) is 39.3 Å². The summed E-state index contributed by atoms with van der Waals surface area (Å²) in [5, 5.41) is 23.0. The standard InChI is InChI=1S/C34H38ClN3O9/c1-33(2)15-23-30(25(39)17-33)29(31-24(36(23)10-7-11-45-5)16-34(3,4)18-26(31)40)19-12-21(35)32(28(13-19)46-6)47-27-9-8-20(37(41)42)14-22(27)38(43)44/h8-9,12-14,29H,7,10-11,15-18H2,1-6H3. The molecule has 47 heavy (non-hydrogen) atoms. The van der Waals surface area contributed by atoms with Crippen molar-refractivity contribution in [1.82, 2.24) is 4.90 Å². The molecule has 0 N–H and O–H groups in total. The van der Waals surface area contributed by atoms with Crippen molar-refractivity contribution in [3.63, 3.8) is 0 Å². The van der Waals surface area contributed by atoms with Crippen LogP contribution in [0.1, 0.15) is 71.3 Å². The summed E-state index contributed by atoms with van der Waals surface area (Å²) in [7, 11) is 3.02. The van der Waals surface area contributed by atoms with Gasteiger partial charge in [-0.25, -0.2) is 0 Å². The SMILES string of the molecule is COCCCN1C2=C(C(=O)CC(C)(C)C2)C(c2cc(Cl)c(Oc3ccc([N+](=O)[O-])cc3[N+](=O)[O-])c(OC)c2)C2=C1CC(C)(C)CC2=O. The predicted octanol–water partition coefficient (Wildman–Crippen LogP) is 7.68. The van der Waals surface area contributed by atoms with Crippen LogP contribution in [-0.2, 0) is 14.3 Å². The van der Waals surface area contributed by atoms with Gasteiger partial charge in [0.2, 0.25) is 5.75 Å². The van der Waals surface area contributed by atoms with Gasteiger partial charge in [0.25, 0.3) is 5.69 Å². The second-order valence-corrected chi connectivity index (χ2v) is 14.2. The van der Waals surface area contributed by atoms with Crippen LogP contribution < -0.4 is 9.47 Å². The Bertz CT molecular complexity index is 1690. The second-order valence-electron chi connectivity index (χ2n) is 13.8. The first-order chi connectivity index (χ1) is 22.1. The molecule has 0 fully saturated rings. The zero-order chi connectivity index (χ0) is 34.4. The second kappa shape index (κ2) is 12.7. The van der Waals surface area contributed by atoms with E-state index in [1.165, 1.54) is 7.11 Å². The Morgan fingerprint density at radius 1 is 0.872 bits per heavy atom. The van der Waals surface area contributed by atoms with Crippen LogP contribution >= 0.6 is 11.6 Å². The third-order valence-corrected chi connectivity index (χ3v) is 9.18. The molecule has 0 saturated heterocycles. The molecule has 0 spiro atoms. The van der Waals surface area contributed by atoms with Gasteiger partial charge in [-0.15, -0.1) is 0 Å². The summed E-state index contributed by atoms with van der Waals surface area (Å²) in [6.45, 7) is 9.40. The molecule has 13 heteroatoms. The first-order valence-corrected chi connectivity index (χ1v) is 15.7. The molecular formula is C34H38ClN3O9. The van der Waals surface area contributed by atoms with Crippen LogP contribution in [0.5, 0.6) is 17.2 Å². The average Bonchev–Trinajstić information content (AvgIpc) is 2.97. The Morgan fingerprint density at radius 3 is 1.98 bits per heavy atom. The Hall–Kier alpha value is -4.29. The van der Waals surface area contributed by atoms with Crippen molar-refractivity contribution in [2.75, 3.05) is 27.4 Å². The number of hydrogen-bond donors (Lipinski definition) is 0. The highest BCUT2D eigenvalue weighted by Gasteiger charge is 2.49. The summed E-state index contributed by atoms with van der Waals surface area (Å²) in [5.41, 5.74) is 1.78. The molecule has 0 aromatic heterocycles. The zero-order valence-electron chi connectivity index (χ0n) is 27.3. The van der Waals surface area contributed by atoms with Gasteiger partial charge in [-0.3, -0.25) is 29.8 Å². The van der Waals surface area contributed by atoms with Crippen LogP contribution in [-0.4, -0.2) is 53.7 Å². The van der Waals surface area contributed by atoms with E-state index in [1.54, 1.807) is 19.2 Å². The van der Waals surface area contributed by atoms with Crippen molar-refractivity contribution < 1.29 is 33.6 Å². The molecule has 12 nitrogen and oxygen atoms in total. The van der Waals surface area contributed by atoms with E-state index in [4.69, 9.17) is 25.8 Å². The summed E-state index contributed by atoms with van der Waals surface area (Å²) in [4.78, 5) is 51.8. The van der Waals surface area contributed by atoms with Crippen molar-refractivity contribution in [2.24, 2.45) is 10.8 Å². The topological polar surface area (TPSA) is 151 Å². The van der Waals surface area contributed by atoms with E-state index < -0.39 is 27.1 Å². The number of benzene rings is 2. The molecule has 0 unspecified atom stereocenters. The van der Waals surface area contributed by atoms with Gasteiger partial charge < -0.3 is 19.1 Å². The molecule has 5 rings (SSSR count). The van der Waals surface area contributed by atoms with Gasteiger partial charge in [-0.2, -0.15) is 0 Å². The lowest BCUT2D eigenvalue weighted by Crippen LogP contribution is -2.44. The minimum atomic E-state index is -0.786. The maximum absolute atomic E-state index is 14.1. The number of ketones is 2. The largest absolute Gasteiger partial charge is 0.493 e. The van der Waals surface area contributed by atoms with Gasteiger partial charge in [-0.05, 0) is 53.9 Å². The lowest BCUT2D eigenvalue weighted by Gasteiger charge is -2.49. The first kappa shape index (κ1) is 34.1. The number of carbonyl (C=O) groups excluding carboxylic acids is 2. The molecule has 1 aliphatic heterocycles. The molecule has 1 heterocycles. The van der Waals surface area contributed by atoms with Crippen molar-refractivity contribution in [3.8, 4) is 17.2 Å². The number of hydrogen-bond acceptors (Lipinski definition) is 10. The fraction of sp³-hybridized carbons (Fsp3) is 0.471. The summed E-state index contributed by atoms with van der Waals surface area (Å²) in [6.07, 6.45) is 2.61. The van der Waals surface area contributed by atoms with Crippen LogP contribution in [0.3, 0.4) is 0 Å². The third kappa shape index (κ3) is 6.62. The third-order valence-electron chi connectivity index (χ3n) is 8.90. The number of nitrogens with zero attached hydrogens (tertiary/aromatic N) is 3. The van der Waals surface area contributed by atoms with E-state index in [0.717, 1.165) is 29.6 Å². The number of allylic oxidation sites excluding steroid dienone is 4. The van der Waals surface area contributed by atoms with Crippen LogP contribution in [0.2, 0.25) is 5.02 Å². The monoisotopic (exact) mass is 667 g/mol. The number of halogens is 1. The number of nitro benzene ring substituents is 2. The van der Waals surface area contributed by atoms with Crippen LogP contribution in [0, 0.1) is 31.1 Å². The van der Waals surface area contributed by atoms with E-state index in [2.05, 4.69) is 32.6 Å². The van der Waals surface area contributed by atoms with E-state index in [-0.39, 0.29) is 44.7 Å². The molecule has 2 aromatic rings. The van der Waals surface area contributed by atoms with Crippen molar-refractivity contribution >= 4 is 34.5 Å². The van der Waals surface area contributed by atoms with Crippen LogP contribution in [0.25, 0.3) is 0 Å². The maximum Gasteiger partial charge on any atom is 0.318 e.